The molecule has 1 aromatic carbocycles. The average Bonchev–Trinajstić information content (AvgIpc) is 2.35. The molecular weight excluding hydrogens is 210 g/mol. The van der Waals surface area contributed by atoms with Gasteiger partial charge in [-0.1, -0.05) is 24.3 Å². The van der Waals surface area contributed by atoms with Crippen molar-refractivity contribution in [3.8, 4) is 0 Å². The summed E-state index contributed by atoms with van der Waals surface area (Å²) in [5.74, 6) is 0.471. The van der Waals surface area contributed by atoms with Gasteiger partial charge < -0.3 is 10.5 Å². The zero-order valence-corrected chi connectivity index (χ0v) is 10.9. The van der Waals surface area contributed by atoms with E-state index in [0.29, 0.717) is 12.5 Å². The molecule has 2 nitrogen and oxygen atoms in total. The van der Waals surface area contributed by atoms with Gasteiger partial charge in [0.05, 0.1) is 12.7 Å². The SMILES string of the molecule is CC(C)OCC(N)C1CCCc2ccccc21. The van der Waals surface area contributed by atoms with E-state index in [1.54, 1.807) is 0 Å². The monoisotopic (exact) mass is 233 g/mol. The minimum Gasteiger partial charge on any atom is -0.377 e. The Morgan fingerprint density at radius 1 is 1.35 bits per heavy atom. The second-order valence-electron chi connectivity index (χ2n) is 5.24. The summed E-state index contributed by atoms with van der Waals surface area (Å²) in [7, 11) is 0. The molecule has 0 amide bonds. The first-order chi connectivity index (χ1) is 8.18. The van der Waals surface area contributed by atoms with Gasteiger partial charge in [-0.2, -0.15) is 0 Å². The van der Waals surface area contributed by atoms with E-state index < -0.39 is 0 Å². The summed E-state index contributed by atoms with van der Waals surface area (Å²) in [6, 6.07) is 8.83. The lowest BCUT2D eigenvalue weighted by atomic mass is 9.79. The molecule has 1 aliphatic rings. The van der Waals surface area contributed by atoms with Gasteiger partial charge >= 0.3 is 0 Å². The van der Waals surface area contributed by atoms with Crippen LogP contribution >= 0.6 is 0 Å². The fourth-order valence-corrected chi connectivity index (χ4v) is 2.66. The van der Waals surface area contributed by atoms with Crippen LogP contribution in [0.4, 0.5) is 0 Å². The van der Waals surface area contributed by atoms with Crippen molar-refractivity contribution in [3.05, 3.63) is 35.4 Å². The topological polar surface area (TPSA) is 35.2 Å². The molecule has 2 rings (SSSR count). The first-order valence-electron chi connectivity index (χ1n) is 6.63. The van der Waals surface area contributed by atoms with Crippen LogP contribution in [0, 0.1) is 0 Å². The van der Waals surface area contributed by atoms with Gasteiger partial charge in [0.25, 0.3) is 0 Å². The van der Waals surface area contributed by atoms with Crippen LogP contribution in [-0.2, 0) is 11.2 Å². The summed E-state index contributed by atoms with van der Waals surface area (Å²) >= 11 is 0. The van der Waals surface area contributed by atoms with E-state index >= 15 is 0 Å². The quantitative estimate of drug-likeness (QED) is 0.868. The molecule has 2 atom stereocenters. The van der Waals surface area contributed by atoms with Gasteiger partial charge in [-0.05, 0) is 44.2 Å². The number of benzene rings is 1. The van der Waals surface area contributed by atoms with E-state index in [-0.39, 0.29) is 12.1 Å². The molecule has 0 heterocycles. The van der Waals surface area contributed by atoms with Crippen molar-refractivity contribution in [1.29, 1.82) is 0 Å². The summed E-state index contributed by atoms with van der Waals surface area (Å²) in [6.45, 7) is 4.78. The Kier molecular flexibility index (Phi) is 4.19. The fraction of sp³-hybridized carbons (Fsp3) is 0.600. The highest BCUT2D eigenvalue weighted by atomic mass is 16.5. The van der Waals surface area contributed by atoms with Gasteiger partial charge in [0, 0.05) is 12.0 Å². The van der Waals surface area contributed by atoms with Crippen LogP contribution in [0.5, 0.6) is 0 Å². The maximum Gasteiger partial charge on any atom is 0.0626 e. The summed E-state index contributed by atoms with van der Waals surface area (Å²) in [5, 5.41) is 0. The molecule has 17 heavy (non-hydrogen) atoms. The van der Waals surface area contributed by atoms with Crippen LogP contribution < -0.4 is 5.73 Å². The minimum absolute atomic E-state index is 0.124. The molecule has 0 aromatic heterocycles. The molecule has 2 N–H and O–H groups in total. The van der Waals surface area contributed by atoms with E-state index in [2.05, 4.69) is 38.1 Å². The molecule has 0 saturated heterocycles. The smallest absolute Gasteiger partial charge is 0.0626 e. The van der Waals surface area contributed by atoms with Crippen molar-refractivity contribution < 1.29 is 4.74 Å². The number of hydrogen-bond acceptors (Lipinski definition) is 2. The molecule has 1 aromatic rings. The molecule has 1 aliphatic carbocycles. The van der Waals surface area contributed by atoms with Gasteiger partial charge in [-0.25, -0.2) is 0 Å². The summed E-state index contributed by atoms with van der Waals surface area (Å²) < 4.78 is 5.65. The standard InChI is InChI=1S/C15H23NO/c1-11(2)17-10-15(16)14-9-5-7-12-6-3-4-8-13(12)14/h3-4,6,8,11,14-15H,5,7,9-10,16H2,1-2H3. The zero-order valence-electron chi connectivity index (χ0n) is 10.9. The van der Waals surface area contributed by atoms with Gasteiger partial charge in [0.2, 0.25) is 0 Å². The molecule has 0 bridgehead atoms. The normalized spacial score (nSPS) is 21.3. The minimum atomic E-state index is 0.124. The lowest BCUT2D eigenvalue weighted by molar-refractivity contribution is 0.0623. The largest absolute Gasteiger partial charge is 0.377 e. The van der Waals surface area contributed by atoms with E-state index in [4.69, 9.17) is 10.5 Å². The highest BCUT2D eigenvalue weighted by molar-refractivity contribution is 5.33. The Hall–Kier alpha value is -0.860. The molecule has 94 valence electrons. The number of ether oxygens (including phenoxy) is 1. The highest BCUT2D eigenvalue weighted by Crippen LogP contribution is 2.33. The van der Waals surface area contributed by atoms with Gasteiger partial charge in [0.1, 0.15) is 0 Å². The van der Waals surface area contributed by atoms with Crippen molar-refractivity contribution in [1.82, 2.24) is 0 Å². The van der Waals surface area contributed by atoms with Crippen LogP contribution in [0.3, 0.4) is 0 Å². The van der Waals surface area contributed by atoms with E-state index in [1.807, 2.05) is 0 Å². The van der Waals surface area contributed by atoms with Crippen molar-refractivity contribution in [2.75, 3.05) is 6.61 Å². The molecule has 0 saturated carbocycles. The molecule has 2 unspecified atom stereocenters. The lowest BCUT2D eigenvalue weighted by Crippen LogP contribution is -2.36. The van der Waals surface area contributed by atoms with Gasteiger partial charge in [0.15, 0.2) is 0 Å². The van der Waals surface area contributed by atoms with E-state index in [1.165, 1.54) is 30.4 Å². The molecule has 0 spiro atoms. The Balaban J connectivity index is 2.07. The average molecular weight is 233 g/mol. The van der Waals surface area contributed by atoms with Crippen LogP contribution in [0.25, 0.3) is 0 Å². The predicted molar refractivity (Wildman–Crippen MR) is 71.2 cm³/mol. The number of aryl methyl sites for hydroxylation is 1. The lowest BCUT2D eigenvalue weighted by Gasteiger charge is -2.30. The second-order valence-corrected chi connectivity index (χ2v) is 5.24. The Morgan fingerprint density at radius 2 is 2.12 bits per heavy atom. The van der Waals surface area contributed by atoms with E-state index in [0.717, 1.165) is 0 Å². The molecule has 0 aliphatic heterocycles. The van der Waals surface area contributed by atoms with Gasteiger partial charge in [-0.3, -0.25) is 0 Å². The Labute approximate surface area is 104 Å². The fourth-order valence-electron chi connectivity index (χ4n) is 2.66. The number of nitrogens with two attached hydrogens (primary N) is 1. The van der Waals surface area contributed by atoms with Crippen LogP contribution in [0.1, 0.15) is 43.7 Å². The van der Waals surface area contributed by atoms with Crippen molar-refractivity contribution in [2.45, 2.75) is 51.2 Å². The Morgan fingerprint density at radius 3 is 2.88 bits per heavy atom. The molecule has 0 radical (unpaired) electrons. The summed E-state index contributed by atoms with van der Waals surface area (Å²) in [5.41, 5.74) is 9.21. The summed E-state index contributed by atoms with van der Waals surface area (Å²) in [6.07, 6.45) is 3.90. The predicted octanol–water partition coefficient (Wildman–Crippen LogP) is 2.86. The maximum absolute atomic E-state index is 6.29. The third kappa shape index (κ3) is 3.08. The maximum atomic E-state index is 6.29. The molecule has 2 heteroatoms. The van der Waals surface area contributed by atoms with Crippen molar-refractivity contribution in [2.24, 2.45) is 5.73 Å². The van der Waals surface area contributed by atoms with Crippen LogP contribution in [0.15, 0.2) is 24.3 Å². The van der Waals surface area contributed by atoms with Crippen molar-refractivity contribution in [3.63, 3.8) is 0 Å². The first-order valence-corrected chi connectivity index (χ1v) is 6.63. The zero-order chi connectivity index (χ0) is 12.3. The third-order valence-electron chi connectivity index (χ3n) is 3.55. The third-order valence-corrected chi connectivity index (χ3v) is 3.55. The first kappa shape index (κ1) is 12.6. The highest BCUT2D eigenvalue weighted by Gasteiger charge is 2.25. The summed E-state index contributed by atoms with van der Waals surface area (Å²) in [4.78, 5) is 0. The van der Waals surface area contributed by atoms with E-state index in [9.17, 15) is 0 Å². The Bertz CT molecular complexity index is 362. The van der Waals surface area contributed by atoms with Gasteiger partial charge in [-0.15, -0.1) is 0 Å². The molecule has 0 fully saturated rings. The van der Waals surface area contributed by atoms with Crippen LogP contribution in [0.2, 0.25) is 0 Å². The number of rotatable bonds is 4. The number of hydrogen-bond donors (Lipinski definition) is 1. The number of fused-ring (bicyclic) bond motifs is 1. The molecular formula is C15H23NO. The van der Waals surface area contributed by atoms with Crippen molar-refractivity contribution >= 4 is 0 Å². The second kappa shape index (κ2) is 5.65. The van der Waals surface area contributed by atoms with Crippen LogP contribution in [-0.4, -0.2) is 18.8 Å².